The number of aromatic hydroxyl groups is 2. The van der Waals surface area contributed by atoms with Crippen LogP contribution in [0.25, 0.3) is 0 Å². The molecule has 5 rings (SSSR count). The highest BCUT2D eigenvalue weighted by Gasteiger charge is 2.39. The summed E-state index contributed by atoms with van der Waals surface area (Å²) in [5.41, 5.74) is 4.33. The fourth-order valence-electron chi connectivity index (χ4n) is 7.16. The van der Waals surface area contributed by atoms with Crippen LogP contribution in [-0.4, -0.2) is 108 Å². The standard InChI is InChI=1S/C41H56N4O6S/c1-29(2)52-28-30(3)45(23-20-42-19-14-32-11-13-36(47)39-40(32)51-27-37(48)43-39)38(49)16-25-50-24-15-31-10-12-35(46)34(26-31)41(17-21-44(4)22-18-41)33-8-6-5-7-9-33/h5-13,26,29-30,42,46-47H,14-25,27-28H2,1-4H3,(H,43,48). The van der Waals surface area contributed by atoms with Gasteiger partial charge in [0.2, 0.25) is 5.91 Å². The molecule has 4 N–H and O–H groups in total. The van der Waals surface area contributed by atoms with Crippen LogP contribution in [0.4, 0.5) is 5.69 Å². The van der Waals surface area contributed by atoms with Gasteiger partial charge in [-0.15, -0.1) is 0 Å². The number of piperidine rings is 1. The molecule has 1 atom stereocenters. The summed E-state index contributed by atoms with van der Waals surface area (Å²) < 4.78 is 11.6. The Bertz CT molecular complexity index is 1630. The lowest BCUT2D eigenvalue weighted by molar-refractivity contribution is -0.133. The zero-order valence-corrected chi connectivity index (χ0v) is 32.0. The lowest BCUT2D eigenvalue weighted by Gasteiger charge is -2.42. The molecule has 0 bridgehead atoms. The molecule has 52 heavy (non-hydrogen) atoms. The highest BCUT2D eigenvalue weighted by molar-refractivity contribution is 7.99. The van der Waals surface area contributed by atoms with Gasteiger partial charge in [-0.25, -0.2) is 0 Å². The normalized spacial score (nSPS) is 16.2. The summed E-state index contributed by atoms with van der Waals surface area (Å²) in [4.78, 5) is 29.6. The van der Waals surface area contributed by atoms with Gasteiger partial charge in [0.05, 0.1) is 19.6 Å². The lowest BCUT2D eigenvalue weighted by Crippen LogP contribution is -2.44. The van der Waals surface area contributed by atoms with Crippen molar-refractivity contribution in [3.8, 4) is 17.2 Å². The van der Waals surface area contributed by atoms with Crippen LogP contribution in [0, 0.1) is 0 Å². The summed E-state index contributed by atoms with van der Waals surface area (Å²) in [7, 11) is 2.15. The molecule has 2 heterocycles. The number of benzene rings is 3. The summed E-state index contributed by atoms with van der Waals surface area (Å²) in [5.74, 6) is 1.48. The molecule has 0 radical (unpaired) electrons. The summed E-state index contributed by atoms with van der Waals surface area (Å²) >= 11 is 1.85. The van der Waals surface area contributed by atoms with E-state index in [-0.39, 0.29) is 35.6 Å². The van der Waals surface area contributed by atoms with Gasteiger partial charge in [-0.1, -0.05) is 62.4 Å². The van der Waals surface area contributed by atoms with Crippen LogP contribution >= 0.6 is 11.8 Å². The fourth-order valence-corrected chi connectivity index (χ4v) is 8.00. The number of phenolic OH excluding ortho intramolecular Hbond substituents is 2. The average Bonchev–Trinajstić information content (AvgIpc) is 3.14. The zero-order chi connectivity index (χ0) is 37.1. The minimum absolute atomic E-state index is 0.0135. The van der Waals surface area contributed by atoms with E-state index >= 15 is 0 Å². The number of hydrogen-bond acceptors (Lipinski definition) is 9. The zero-order valence-electron chi connectivity index (χ0n) is 31.2. The van der Waals surface area contributed by atoms with Crippen molar-refractivity contribution in [2.45, 2.75) is 69.6 Å². The number of nitrogens with zero attached hydrogens (tertiary/aromatic N) is 2. The van der Waals surface area contributed by atoms with Gasteiger partial charge >= 0.3 is 0 Å². The van der Waals surface area contributed by atoms with Crippen LogP contribution in [0.1, 0.15) is 62.3 Å². The molecule has 1 saturated heterocycles. The fraction of sp³-hybridized carbons (Fsp3) is 0.512. The number of hydrogen-bond donors (Lipinski definition) is 4. The molecule has 1 unspecified atom stereocenters. The van der Waals surface area contributed by atoms with Crippen LogP contribution < -0.4 is 15.4 Å². The second kappa shape index (κ2) is 18.8. The van der Waals surface area contributed by atoms with E-state index < -0.39 is 0 Å². The Balaban J connectivity index is 1.12. The van der Waals surface area contributed by atoms with Gasteiger partial charge in [-0.2, -0.15) is 11.8 Å². The van der Waals surface area contributed by atoms with Crippen molar-refractivity contribution in [2.24, 2.45) is 0 Å². The molecule has 10 nitrogen and oxygen atoms in total. The number of nitrogens with one attached hydrogen (secondary N) is 2. The van der Waals surface area contributed by atoms with E-state index in [9.17, 15) is 19.8 Å². The van der Waals surface area contributed by atoms with Crippen LogP contribution in [-0.2, 0) is 32.6 Å². The smallest absolute Gasteiger partial charge is 0.262 e. The topological polar surface area (TPSA) is 124 Å². The van der Waals surface area contributed by atoms with E-state index in [1.165, 1.54) is 5.56 Å². The number of carbonyl (C=O) groups excluding carboxylic acids is 2. The number of thioether (sulfide) groups is 1. The largest absolute Gasteiger partial charge is 0.508 e. The first kappa shape index (κ1) is 39.4. The summed E-state index contributed by atoms with van der Waals surface area (Å²) in [6, 6.07) is 20.0. The Morgan fingerprint density at radius 2 is 1.77 bits per heavy atom. The van der Waals surface area contributed by atoms with Crippen molar-refractivity contribution >= 4 is 29.3 Å². The number of rotatable bonds is 18. The van der Waals surface area contributed by atoms with Crippen molar-refractivity contribution in [1.29, 1.82) is 0 Å². The Morgan fingerprint density at radius 1 is 1.02 bits per heavy atom. The third kappa shape index (κ3) is 10.2. The van der Waals surface area contributed by atoms with Gasteiger partial charge in [0.15, 0.2) is 12.4 Å². The lowest BCUT2D eigenvalue weighted by atomic mass is 9.67. The summed E-state index contributed by atoms with van der Waals surface area (Å²) in [6.07, 6.45) is 3.54. The second-order valence-electron chi connectivity index (χ2n) is 14.3. The van der Waals surface area contributed by atoms with E-state index in [1.54, 1.807) is 6.07 Å². The van der Waals surface area contributed by atoms with Crippen molar-refractivity contribution in [1.82, 2.24) is 15.1 Å². The first-order valence-electron chi connectivity index (χ1n) is 18.6. The first-order valence-corrected chi connectivity index (χ1v) is 19.7. The van der Waals surface area contributed by atoms with E-state index in [0.717, 1.165) is 48.4 Å². The van der Waals surface area contributed by atoms with Crippen molar-refractivity contribution in [3.63, 3.8) is 0 Å². The van der Waals surface area contributed by atoms with Crippen molar-refractivity contribution < 1.29 is 29.3 Å². The van der Waals surface area contributed by atoms with Gasteiger partial charge < -0.3 is 40.1 Å². The maximum Gasteiger partial charge on any atom is 0.262 e. The maximum absolute atomic E-state index is 13.5. The molecule has 0 saturated carbocycles. The minimum atomic E-state index is -0.288. The first-order chi connectivity index (χ1) is 25.1. The SMILES string of the molecule is CC(C)SCC(C)N(CCNCCc1ccc(O)c2c1OCC(=O)N2)C(=O)CCOCCc1ccc(O)c(C2(c3ccccc3)CCN(C)CC2)c1. The Morgan fingerprint density at radius 3 is 2.52 bits per heavy atom. The predicted molar refractivity (Wildman–Crippen MR) is 209 cm³/mol. The van der Waals surface area contributed by atoms with Crippen LogP contribution in [0.15, 0.2) is 60.7 Å². The van der Waals surface area contributed by atoms with Gasteiger partial charge in [0.1, 0.15) is 17.2 Å². The Hall–Kier alpha value is -3.77. The van der Waals surface area contributed by atoms with Gasteiger partial charge in [-0.3, -0.25) is 9.59 Å². The number of carbonyl (C=O) groups is 2. The van der Waals surface area contributed by atoms with Crippen molar-refractivity contribution in [3.05, 3.63) is 82.9 Å². The third-order valence-electron chi connectivity index (χ3n) is 10.2. The molecule has 0 aliphatic carbocycles. The average molecular weight is 733 g/mol. The molecule has 3 aromatic rings. The number of likely N-dealkylation sites (tertiary alicyclic amines) is 1. The quantitative estimate of drug-likeness (QED) is 0.0981. The molecule has 0 aromatic heterocycles. The number of amides is 2. The molecule has 1 fully saturated rings. The molecule has 2 aliphatic heterocycles. The molecule has 2 aliphatic rings. The highest BCUT2D eigenvalue weighted by atomic mass is 32.2. The summed E-state index contributed by atoms with van der Waals surface area (Å²) in [5, 5.41) is 27.9. The predicted octanol–water partition coefficient (Wildman–Crippen LogP) is 5.58. The van der Waals surface area contributed by atoms with Crippen LogP contribution in [0.3, 0.4) is 0 Å². The van der Waals surface area contributed by atoms with Crippen LogP contribution in [0.5, 0.6) is 17.2 Å². The molecular formula is C41H56N4O6S. The van der Waals surface area contributed by atoms with E-state index in [4.69, 9.17) is 9.47 Å². The Labute approximate surface area is 313 Å². The van der Waals surface area contributed by atoms with Gasteiger partial charge in [0.25, 0.3) is 5.91 Å². The van der Waals surface area contributed by atoms with Gasteiger partial charge in [-0.05, 0) is 93.4 Å². The second-order valence-corrected chi connectivity index (χ2v) is 15.9. The molecule has 11 heteroatoms. The van der Waals surface area contributed by atoms with Crippen molar-refractivity contribution in [2.75, 3.05) is 70.7 Å². The monoisotopic (exact) mass is 732 g/mol. The minimum Gasteiger partial charge on any atom is -0.508 e. The molecule has 0 spiro atoms. The number of fused-ring (bicyclic) bond motifs is 1. The van der Waals surface area contributed by atoms with Crippen LogP contribution in [0.2, 0.25) is 0 Å². The number of ether oxygens (including phenoxy) is 2. The highest BCUT2D eigenvalue weighted by Crippen LogP contribution is 2.45. The molecular weight excluding hydrogens is 677 g/mol. The molecule has 3 aromatic carbocycles. The third-order valence-corrected chi connectivity index (χ3v) is 11.5. The number of phenols is 2. The Kier molecular flexibility index (Phi) is 14.3. The van der Waals surface area contributed by atoms with E-state index in [0.29, 0.717) is 74.5 Å². The molecule has 282 valence electrons. The number of anilines is 1. The summed E-state index contributed by atoms with van der Waals surface area (Å²) in [6.45, 7) is 11.0. The van der Waals surface area contributed by atoms with Gasteiger partial charge in [0, 0.05) is 35.9 Å². The van der Waals surface area contributed by atoms with E-state index in [2.05, 4.69) is 73.7 Å². The molecule has 2 amide bonds. The maximum atomic E-state index is 13.5. The van der Waals surface area contributed by atoms with E-state index in [1.807, 2.05) is 40.9 Å².